The van der Waals surface area contributed by atoms with Crippen molar-refractivity contribution < 1.29 is 9.90 Å². The average Bonchev–Trinajstić information content (AvgIpc) is 2.27. The fourth-order valence-electron chi connectivity index (χ4n) is 1.32. The molecule has 16 heavy (non-hydrogen) atoms. The second-order valence-corrected chi connectivity index (χ2v) is 4.68. The number of phenolic OH excluding ortho intramolecular Hbond substituents is 1. The zero-order valence-electron chi connectivity index (χ0n) is 9.14. The summed E-state index contributed by atoms with van der Waals surface area (Å²) in [6, 6.07) is 6.84. The Balaban J connectivity index is 2.71. The van der Waals surface area contributed by atoms with E-state index in [1.807, 2.05) is 13.0 Å². The summed E-state index contributed by atoms with van der Waals surface area (Å²) in [5, 5.41) is 9.10. The van der Waals surface area contributed by atoms with Crippen molar-refractivity contribution in [3.8, 4) is 5.75 Å². The molecular formula is C11H16N2O2S. The van der Waals surface area contributed by atoms with Crippen molar-refractivity contribution in [1.82, 2.24) is 5.43 Å². The van der Waals surface area contributed by atoms with Crippen LogP contribution in [0.1, 0.15) is 19.8 Å². The molecule has 0 aliphatic rings. The summed E-state index contributed by atoms with van der Waals surface area (Å²) < 4.78 is 0. The number of benzene rings is 1. The molecule has 0 saturated heterocycles. The second-order valence-electron chi connectivity index (χ2n) is 3.40. The molecular weight excluding hydrogens is 224 g/mol. The molecule has 1 rings (SSSR count). The molecule has 0 spiro atoms. The van der Waals surface area contributed by atoms with E-state index in [-0.39, 0.29) is 16.9 Å². The van der Waals surface area contributed by atoms with Crippen LogP contribution in [0.5, 0.6) is 5.75 Å². The minimum absolute atomic E-state index is 0.185. The number of hydrazine groups is 1. The molecule has 5 heteroatoms. The summed E-state index contributed by atoms with van der Waals surface area (Å²) in [5.41, 5.74) is 2.16. The maximum atomic E-state index is 11.5. The van der Waals surface area contributed by atoms with Crippen LogP contribution in [0.25, 0.3) is 0 Å². The number of aromatic hydroxyl groups is 1. The predicted octanol–water partition coefficient (Wildman–Crippen LogP) is 1.64. The number of thioether (sulfide) groups is 1. The van der Waals surface area contributed by atoms with Gasteiger partial charge in [-0.2, -0.15) is 0 Å². The van der Waals surface area contributed by atoms with E-state index >= 15 is 0 Å². The minimum atomic E-state index is -0.211. The fourth-order valence-corrected chi connectivity index (χ4v) is 2.52. The molecule has 88 valence electrons. The second kappa shape index (κ2) is 6.40. The van der Waals surface area contributed by atoms with Gasteiger partial charge >= 0.3 is 0 Å². The summed E-state index contributed by atoms with van der Waals surface area (Å²) in [7, 11) is 0. The first kappa shape index (κ1) is 12.9. The standard InChI is InChI=1S/C11H16N2O2S/c1-2-4-10(11(15)13-12)16-9-6-3-5-8(14)7-9/h3,5-7,10,14H,2,4,12H2,1H3,(H,13,15). The third kappa shape index (κ3) is 3.75. The summed E-state index contributed by atoms with van der Waals surface area (Å²) in [6.07, 6.45) is 1.66. The number of amides is 1. The van der Waals surface area contributed by atoms with Crippen molar-refractivity contribution in [2.24, 2.45) is 5.84 Å². The Kier molecular flexibility index (Phi) is 5.14. The lowest BCUT2D eigenvalue weighted by molar-refractivity contribution is -0.120. The van der Waals surface area contributed by atoms with Crippen molar-refractivity contribution >= 4 is 17.7 Å². The van der Waals surface area contributed by atoms with Crippen LogP contribution < -0.4 is 11.3 Å². The summed E-state index contributed by atoms with van der Waals surface area (Å²) in [5.74, 6) is 5.14. The Hall–Kier alpha value is -1.20. The van der Waals surface area contributed by atoms with Gasteiger partial charge in [-0.1, -0.05) is 19.4 Å². The third-order valence-corrected chi connectivity index (χ3v) is 3.34. The maximum absolute atomic E-state index is 11.5. The van der Waals surface area contributed by atoms with Gasteiger partial charge in [0.2, 0.25) is 5.91 Å². The predicted molar refractivity (Wildman–Crippen MR) is 65.0 cm³/mol. The van der Waals surface area contributed by atoms with Gasteiger partial charge in [0.25, 0.3) is 0 Å². The molecule has 1 amide bonds. The van der Waals surface area contributed by atoms with E-state index < -0.39 is 0 Å². The Morgan fingerprint density at radius 2 is 2.38 bits per heavy atom. The van der Waals surface area contributed by atoms with Gasteiger partial charge in [-0.3, -0.25) is 10.2 Å². The molecule has 1 aromatic carbocycles. The summed E-state index contributed by atoms with van der Waals surface area (Å²) >= 11 is 1.41. The largest absolute Gasteiger partial charge is 0.508 e. The fraction of sp³-hybridized carbons (Fsp3) is 0.364. The van der Waals surface area contributed by atoms with E-state index in [9.17, 15) is 9.90 Å². The molecule has 0 aliphatic carbocycles. The smallest absolute Gasteiger partial charge is 0.247 e. The lowest BCUT2D eigenvalue weighted by Crippen LogP contribution is -2.37. The molecule has 1 atom stereocenters. The molecule has 0 heterocycles. The Bertz CT molecular complexity index is 358. The van der Waals surface area contributed by atoms with Crippen LogP contribution in [-0.2, 0) is 4.79 Å². The van der Waals surface area contributed by atoms with Gasteiger partial charge in [0.15, 0.2) is 0 Å². The van der Waals surface area contributed by atoms with Crippen LogP contribution in [0.2, 0.25) is 0 Å². The van der Waals surface area contributed by atoms with Crippen molar-refractivity contribution in [3.63, 3.8) is 0 Å². The van der Waals surface area contributed by atoms with E-state index in [1.54, 1.807) is 18.2 Å². The van der Waals surface area contributed by atoms with Crippen molar-refractivity contribution in [3.05, 3.63) is 24.3 Å². The Labute approximate surface area is 99.2 Å². The van der Waals surface area contributed by atoms with Crippen LogP contribution >= 0.6 is 11.8 Å². The van der Waals surface area contributed by atoms with Crippen molar-refractivity contribution in [2.75, 3.05) is 0 Å². The first-order valence-corrected chi connectivity index (χ1v) is 6.01. The average molecular weight is 240 g/mol. The molecule has 0 saturated carbocycles. The molecule has 4 N–H and O–H groups in total. The summed E-state index contributed by atoms with van der Waals surface area (Å²) in [4.78, 5) is 12.3. The number of nitrogens with two attached hydrogens (primary N) is 1. The highest BCUT2D eigenvalue weighted by molar-refractivity contribution is 8.00. The zero-order chi connectivity index (χ0) is 12.0. The zero-order valence-corrected chi connectivity index (χ0v) is 9.96. The minimum Gasteiger partial charge on any atom is -0.508 e. The van der Waals surface area contributed by atoms with E-state index in [2.05, 4.69) is 5.43 Å². The Morgan fingerprint density at radius 1 is 1.62 bits per heavy atom. The van der Waals surface area contributed by atoms with Crippen LogP contribution in [0.15, 0.2) is 29.2 Å². The van der Waals surface area contributed by atoms with Crippen LogP contribution in [-0.4, -0.2) is 16.3 Å². The van der Waals surface area contributed by atoms with Crippen LogP contribution in [0, 0.1) is 0 Å². The molecule has 1 aromatic rings. The molecule has 1 unspecified atom stereocenters. The van der Waals surface area contributed by atoms with Gasteiger partial charge in [-0.05, 0) is 24.6 Å². The quantitative estimate of drug-likeness (QED) is 0.316. The number of nitrogens with one attached hydrogen (secondary N) is 1. The molecule has 4 nitrogen and oxygen atoms in total. The van der Waals surface area contributed by atoms with Gasteiger partial charge in [0.1, 0.15) is 5.75 Å². The van der Waals surface area contributed by atoms with Crippen molar-refractivity contribution in [2.45, 2.75) is 29.9 Å². The van der Waals surface area contributed by atoms with Gasteiger partial charge < -0.3 is 5.11 Å². The van der Waals surface area contributed by atoms with Gasteiger partial charge in [0.05, 0.1) is 5.25 Å². The number of carbonyl (C=O) groups is 1. The molecule has 0 aliphatic heterocycles. The van der Waals surface area contributed by atoms with E-state index in [0.717, 1.165) is 17.7 Å². The highest BCUT2D eigenvalue weighted by atomic mass is 32.2. The number of hydrogen-bond acceptors (Lipinski definition) is 4. The topological polar surface area (TPSA) is 75.3 Å². The maximum Gasteiger partial charge on any atom is 0.247 e. The first-order chi connectivity index (χ1) is 7.67. The van der Waals surface area contributed by atoms with Crippen LogP contribution in [0.3, 0.4) is 0 Å². The number of carbonyl (C=O) groups excluding carboxylic acids is 1. The lowest BCUT2D eigenvalue weighted by Gasteiger charge is -2.13. The monoisotopic (exact) mass is 240 g/mol. The highest BCUT2D eigenvalue weighted by Crippen LogP contribution is 2.28. The molecule has 0 fully saturated rings. The van der Waals surface area contributed by atoms with Gasteiger partial charge in [0, 0.05) is 4.90 Å². The Morgan fingerprint density at radius 3 is 2.94 bits per heavy atom. The SMILES string of the molecule is CCCC(Sc1cccc(O)c1)C(=O)NN. The van der Waals surface area contributed by atoms with Gasteiger partial charge in [-0.15, -0.1) is 11.8 Å². The van der Waals surface area contributed by atoms with E-state index in [0.29, 0.717) is 0 Å². The van der Waals surface area contributed by atoms with Crippen LogP contribution in [0.4, 0.5) is 0 Å². The van der Waals surface area contributed by atoms with E-state index in [1.165, 1.54) is 11.8 Å². The third-order valence-electron chi connectivity index (χ3n) is 2.08. The highest BCUT2D eigenvalue weighted by Gasteiger charge is 2.17. The number of phenols is 1. The summed E-state index contributed by atoms with van der Waals surface area (Å²) in [6.45, 7) is 2.01. The molecule has 0 bridgehead atoms. The normalized spacial score (nSPS) is 12.1. The first-order valence-electron chi connectivity index (χ1n) is 5.13. The van der Waals surface area contributed by atoms with Gasteiger partial charge in [-0.25, -0.2) is 5.84 Å². The number of hydrogen-bond donors (Lipinski definition) is 3. The lowest BCUT2D eigenvalue weighted by atomic mass is 10.2. The molecule has 0 radical (unpaired) electrons. The molecule has 0 aromatic heterocycles. The number of rotatable bonds is 5. The van der Waals surface area contributed by atoms with Crippen molar-refractivity contribution in [1.29, 1.82) is 0 Å². The van der Waals surface area contributed by atoms with E-state index in [4.69, 9.17) is 5.84 Å².